The summed E-state index contributed by atoms with van der Waals surface area (Å²) in [6.45, 7) is 2.84. The smallest absolute Gasteiger partial charge is 0.220 e. The molecule has 12 unspecified atom stereocenters. The maximum absolute atomic E-state index is 13.2. The molecule has 2 aliphatic heterocycles. The number of unbranched alkanes of at least 4 members (excludes halogenated alkanes) is 26. The van der Waals surface area contributed by atoms with Gasteiger partial charge in [0.15, 0.2) is 12.6 Å². The Morgan fingerprint density at radius 1 is 0.529 bits per heavy atom. The van der Waals surface area contributed by atoms with Crippen molar-refractivity contribution in [3.05, 3.63) is 24.3 Å². The number of amides is 1. The lowest BCUT2D eigenvalue weighted by Gasteiger charge is -2.46. The number of rotatable bonds is 43. The molecular weight excluding hydrogens is 871 g/mol. The highest BCUT2D eigenvalue weighted by molar-refractivity contribution is 5.76. The van der Waals surface area contributed by atoms with Crippen LogP contribution in [-0.2, 0) is 23.7 Å². The summed E-state index contributed by atoms with van der Waals surface area (Å²) >= 11 is 0. The molecule has 400 valence electrons. The van der Waals surface area contributed by atoms with Crippen LogP contribution in [0.4, 0.5) is 0 Å². The minimum absolute atomic E-state index is 0.219. The molecule has 2 saturated heterocycles. The Hall–Kier alpha value is -1.53. The average Bonchev–Trinajstić information content (AvgIpc) is 3.34. The fourth-order valence-corrected chi connectivity index (χ4v) is 9.15. The molecule has 2 rings (SSSR count). The van der Waals surface area contributed by atoms with Crippen LogP contribution in [0, 0.1) is 0 Å². The highest BCUT2D eigenvalue weighted by Crippen LogP contribution is 2.30. The van der Waals surface area contributed by atoms with E-state index in [-0.39, 0.29) is 18.9 Å². The summed E-state index contributed by atoms with van der Waals surface area (Å²) in [5.74, 6) is -0.219. The summed E-state index contributed by atoms with van der Waals surface area (Å²) in [5.41, 5.74) is 0. The molecule has 68 heavy (non-hydrogen) atoms. The molecule has 0 aliphatic carbocycles. The Bertz CT molecular complexity index is 1240. The lowest BCUT2D eigenvalue weighted by molar-refractivity contribution is -0.359. The monoisotopic (exact) mass is 972 g/mol. The molecule has 2 aliphatic rings. The Morgan fingerprint density at radius 3 is 1.49 bits per heavy atom. The summed E-state index contributed by atoms with van der Waals surface area (Å²) < 4.78 is 22.8. The third-order valence-electron chi connectivity index (χ3n) is 13.7. The molecule has 0 aromatic carbocycles. The third-order valence-corrected chi connectivity index (χ3v) is 13.7. The molecule has 0 bridgehead atoms. The lowest BCUT2D eigenvalue weighted by Crippen LogP contribution is -2.65. The van der Waals surface area contributed by atoms with Crippen molar-refractivity contribution in [3.63, 3.8) is 0 Å². The van der Waals surface area contributed by atoms with Crippen molar-refractivity contribution in [2.24, 2.45) is 0 Å². The van der Waals surface area contributed by atoms with Crippen LogP contribution in [0.25, 0.3) is 0 Å². The Labute approximate surface area is 411 Å². The van der Waals surface area contributed by atoms with Crippen LogP contribution in [0.15, 0.2) is 24.3 Å². The topological polar surface area (TPSA) is 228 Å². The summed E-state index contributed by atoms with van der Waals surface area (Å²) in [4.78, 5) is 13.2. The van der Waals surface area contributed by atoms with Gasteiger partial charge in [-0.1, -0.05) is 192 Å². The lowest BCUT2D eigenvalue weighted by atomic mass is 9.97. The average molecular weight is 972 g/mol. The fraction of sp³-hybridized carbons (Fsp3) is 0.907. The number of nitrogens with one attached hydrogen (secondary N) is 1. The Kier molecular flexibility index (Phi) is 37.7. The fourth-order valence-electron chi connectivity index (χ4n) is 9.15. The molecule has 2 heterocycles. The van der Waals surface area contributed by atoms with Crippen molar-refractivity contribution in [1.29, 1.82) is 0 Å². The SMILES string of the molecule is CCCCCC/C=C\C/C=C\CCCCCCCC(=O)NC(COC1OC(CO)C(OC2OC(CO)C(O)C(O)C2O)C(O)C1O)C(O)CCCCCCCCCCCCCCCCCCCC. The van der Waals surface area contributed by atoms with Gasteiger partial charge in [-0.25, -0.2) is 0 Å². The van der Waals surface area contributed by atoms with E-state index >= 15 is 0 Å². The minimum Gasteiger partial charge on any atom is -0.394 e. The van der Waals surface area contributed by atoms with Crippen LogP contribution in [0.3, 0.4) is 0 Å². The second kappa shape index (κ2) is 41.0. The normalized spacial score (nSPS) is 26.5. The number of carbonyl (C=O) groups is 1. The van der Waals surface area contributed by atoms with Gasteiger partial charge in [0.05, 0.1) is 32.0 Å². The highest BCUT2D eigenvalue weighted by atomic mass is 16.7. The molecule has 0 spiro atoms. The molecular formula is C54H101NO13. The van der Waals surface area contributed by atoms with Crippen LogP contribution in [-0.4, -0.2) is 140 Å². The molecule has 1 amide bonds. The molecule has 0 saturated carbocycles. The van der Waals surface area contributed by atoms with Crippen LogP contribution in [0.5, 0.6) is 0 Å². The van der Waals surface area contributed by atoms with Gasteiger partial charge in [-0.2, -0.15) is 0 Å². The largest absolute Gasteiger partial charge is 0.394 e. The van der Waals surface area contributed by atoms with Gasteiger partial charge in [0, 0.05) is 6.42 Å². The minimum atomic E-state index is -1.78. The van der Waals surface area contributed by atoms with Gasteiger partial charge in [0.1, 0.15) is 48.8 Å². The maximum Gasteiger partial charge on any atom is 0.220 e. The summed E-state index contributed by atoms with van der Waals surface area (Å²) in [5, 5.41) is 87.1. The van der Waals surface area contributed by atoms with Gasteiger partial charge in [0.25, 0.3) is 0 Å². The first-order valence-electron chi connectivity index (χ1n) is 27.6. The number of hydrogen-bond acceptors (Lipinski definition) is 13. The highest BCUT2D eigenvalue weighted by Gasteiger charge is 2.51. The Balaban J connectivity index is 1.81. The van der Waals surface area contributed by atoms with E-state index in [0.29, 0.717) is 12.8 Å². The number of hydrogen-bond donors (Lipinski definition) is 9. The summed E-state index contributed by atoms with van der Waals surface area (Å²) in [6, 6.07) is -0.834. The molecule has 14 heteroatoms. The maximum atomic E-state index is 13.2. The number of allylic oxidation sites excluding steroid dienone is 4. The molecule has 0 aromatic heterocycles. The van der Waals surface area contributed by atoms with Crippen molar-refractivity contribution in [2.75, 3.05) is 19.8 Å². The van der Waals surface area contributed by atoms with E-state index in [1.54, 1.807) is 0 Å². The van der Waals surface area contributed by atoms with Crippen LogP contribution in [0.1, 0.15) is 219 Å². The van der Waals surface area contributed by atoms with Crippen molar-refractivity contribution in [2.45, 2.75) is 293 Å². The predicted octanol–water partition coefficient (Wildman–Crippen LogP) is 8.11. The predicted molar refractivity (Wildman–Crippen MR) is 268 cm³/mol. The first-order chi connectivity index (χ1) is 33.1. The quantitative estimate of drug-likeness (QED) is 0.0208. The van der Waals surface area contributed by atoms with Gasteiger partial charge >= 0.3 is 0 Å². The summed E-state index contributed by atoms with van der Waals surface area (Å²) in [7, 11) is 0. The van der Waals surface area contributed by atoms with E-state index in [1.807, 2.05) is 0 Å². The van der Waals surface area contributed by atoms with Crippen molar-refractivity contribution < 1.29 is 64.6 Å². The van der Waals surface area contributed by atoms with Gasteiger partial charge < -0.3 is 65.1 Å². The zero-order valence-electron chi connectivity index (χ0n) is 42.6. The van der Waals surface area contributed by atoms with Crippen molar-refractivity contribution in [3.8, 4) is 0 Å². The number of aliphatic hydroxyl groups excluding tert-OH is 8. The second-order valence-corrected chi connectivity index (χ2v) is 19.7. The number of carbonyl (C=O) groups excluding carboxylic acids is 1. The second-order valence-electron chi connectivity index (χ2n) is 19.7. The molecule has 9 N–H and O–H groups in total. The summed E-state index contributed by atoms with van der Waals surface area (Å²) in [6.07, 6.45) is 28.8. The molecule has 14 nitrogen and oxygen atoms in total. The van der Waals surface area contributed by atoms with Crippen molar-refractivity contribution >= 4 is 5.91 Å². The van der Waals surface area contributed by atoms with Crippen LogP contribution >= 0.6 is 0 Å². The van der Waals surface area contributed by atoms with E-state index in [9.17, 15) is 45.6 Å². The number of aliphatic hydroxyl groups is 8. The zero-order valence-corrected chi connectivity index (χ0v) is 42.6. The van der Waals surface area contributed by atoms with Crippen LogP contribution in [0.2, 0.25) is 0 Å². The molecule has 0 aromatic rings. The number of ether oxygens (including phenoxy) is 4. The van der Waals surface area contributed by atoms with Crippen LogP contribution < -0.4 is 5.32 Å². The van der Waals surface area contributed by atoms with E-state index in [2.05, 4.69) is 43.5 Å². The zero-order chi connectivity index (χ0) is 49.6. The first-order valence-corrected chi connectivity index (χ1v) is 27.6. The van der Waals surface area contributed by atoms with Gasteiger partial charge in [-0.3, -0.25) is 4.79 Å². The van der Waals surface area contributed by atoms with E-state index in [4.69, 9.17) is 18.9 Å². The standard InChI is InChI=1S/C54H101NO13/c1-3-5-7-9-11-13-15-17-19-21-22-23-25-27-29-31-33-35-37-43(58)42(55-46(59)38-36-34-32-30-28-26-24-20-18-16-14-12-10-8-6-4-2)41-65-53-51(64)49(62)52(45(40-57)67-53)68-54-50(63)48(61)47(60)44(39-56)66-54/h14,16,20,24,42-45,47-54,56-58,60-64H,3-13,15,17-19,21-23,25-41H2,1-2H3,(H,55,59)/b16-14-,24-20-. The molecule has 12 atom stereocenters. The first kappa shape index (κ1) is 62.6. The van der Waals surface area contributed by atoms with Gasteiger partial charge in [-0.05, 0) is 44.9 Å². The Morgan fingerprint density at radius 2 is 0.971 bits per heavy atom. The van der Waals surface area contributed by atoms with Gasteiger partial charge in [-0.15, -0.1) is 0 Å². The van der Waals surface area contributed by atoms with Gasteiger partial charge in [0.2, 0.25) is 5.91 Å². The molecule has 2 fully saturated rings. The van der Waals surface area contributed by atoms with E-state index in [0.717, 1.165) is 70.6 Å². The van der Waals surface area contributed by atoms with Crippen molar-refractivity contribution in [1.82, 2.24) is 5.32 Å². The molecule has 0 radical (unpaired) electrons. The third kappa shape index (κ3) is 27.3. The van der Waals surface area contributed by atoms with E-state index < -0.39 is 86.8 Å². The van der Waals surface area contributed by atoms with E-state index in [1.165, 1.54) is 116 Å².